The molecule has 112 valence electrons. The highest BCUT2D eigenvalue weighted by Crippen LogP contribution is 2.25. The van der Waals surface area contributed by atoms with Crippen molar-refractivity contribution in [2.75, 3.05) is 12.0 Å². The van der Waals surface area contributed by atoms with Gasteiger partial charge in [0.05, 0.1) is 16.9 Å². The minimum Gasteiger partial charge on any atom is -0.480 e. The summed E-state index contributed by atoms with van der Waals surface area (Å²) in [6.07, 6.45) is 0.633. The Kier molecular flexibility index (Phi) is 3.82. The largest absolute Gasteiger partial charge is 0.480 e. The maximum atomic E-state index is 12.2. The van der Waals surface area contributed by atoms with E-state index in [1.54, 1.807) is 12.1 Å². The molecule has 1 aliphatic heterocycles. The minimum atomic E-state index is -3.40. The molecule has 0 aliphatic carbocycles. The summed E-state index contributed by atoms with van der Waals surface area (Å²) in [5, 5.41) is 9.20. The first-order valence-corrected chi connectivity index (χ1v) is 8.16. The van der Waals surface area contributed by atoms with Crippen LogP contribution in [0.2, 0.25) is 0 Å². The highest BCUT2D eigenvalue weighted by atomic mass is 32.2. The molecular weight excluding hydrogens is 298 g/mol. The van der Waals surface area contributed by atoms with Gasteiger partial charge in [0.25, 0.3) is 11.8 Å². The standard InChI is InChI=1S/C13H13NO6S/c1-21(19,20)7-6-10(13(17)18)14-11(15)8-4-2-3-5-9(8)12(14)16/h2-5,10H,6-7H2,1H3,(H,17,18). The minimum absolute atomic E-state index is 0.133. The number of carbonyl (C=O) groups is 3. The van der Waals surface area contributed by atoms with Crippen molar-refractivity contribution in [1.82, 2.24) is 4.90 Å². The number of rotatable bonds is 5. The van der Waals surface area contributed by atoms with E-state index < -0.39 is 39.4 Å². The predicted octanol–water partition coefficient (Wildman–Crippen LogP) is 0.170. The molecule has 1 aromatic carbocycles. The summed E-state index contributed by atoms with van der Waals surface area (Å²) in [7, 11) is -3.40. The van der Waals surface area contributed by atoms with E-state index in [0.29, 0.717) is 4.90 Å². The number of fused-ring (bicyclic) bond motifs is 1. The third-order valence-electron chi connectivity index (χ3n) is 3.18. The van der Waals surface area contributed by atoms with Crippen LogP contribution >= 0.6 is 0 Å². The summed E-state index contributed by atoms with van der Waals surface area (Å²) in [5.41, 5.74) is 0.265. The van der Waals surface area contributed by atoms with E-state index in [-0.39, 0.29) is 17.5 Å². The Hall–Kier alpha value is -2.22. The zero-order valence-corrected chi connectivity index (χ0v) is 12.0. The smallest absolute Gasteiger partial charge is 0.326 e. The van der Waals surface area contributed by atoms with Crippen molar-refractivity contribution in [3.05, 3.63) is 35.4 Å². The van der Waals surface area contributed by atoms with Crippen molar-refractivity contribution in [2.24, 2.45) is 0 Å². The maximum Gasteiger partial charge on any atom is 0.326 e. The van der Waals surface area contributed by atoms with Crippen molar-refractivity contribution in [1.29, 1.82) is 0 Å². The molecule has 2 rings (SSSR count). The van der Waals surface area contributed by atoms with E-state index in [1.165, 1.54) is 12.1 Å². The molecule has 0 fully saturated rings. The van der Waals surface area contributed by atoms with Crippen LogP contribution < -0.4 is 0 Å². The van der Waals surface area contributed by atoms with Crippen molar-refractivity contribution in [3.63, 3.8) is 0 Å². The molecule has 0 radical (unpaired) electrons. The van der Waals surface area contributed by atoms with Gasteiger partial charge in [-0.25, -0.2) is 13.2 Å². The number of nitrogens with zero attached hydrogens (tertiary/aromatic N) is 1. The second-order valence-corrected chi connectivity index (χ2v) is 7.06. The van der Waals surface area contributed by atoms with Crippen LogP contribution in [0.25, 0.3) is 0 Å². The first-order chi connectivity index (χ1) is 9.72. The fraction of sp³-hybridized carbons (Fsp3) is 0.308. The Balaban J connectivity index is 2.33. The molecule has 1 N–H and O–H groups in total. The van der Waals surface area contributed by atoms with Gasteiger partial charge in [-0.2, -0.15) is 0 Å². The number of carboxylic acid groups (broad SMARTS) is 1. The first-order valence-electron chi connectivity index (χ1n) is 6.10. The Morgan fingerprint density at radius 3 is 2.05 bits per heavy atom. The number of hydrogen-bond acceptors (Lipinski definition) is 5. The van der Waals surface area contributed by atoms with Gasteiger partial charge in [-0.3, -0.25) is 14.5 Å². The number of benzene rings is 1. The van der Waals surface area contributed by atoms with Gasteiger partial charge in [0.15, 0.2) is 0 Å². The Labute approximate surface area is 121 Å². The molecule has 0 saturated heterocycles. The highest BCUT2D eigenvalue weighted by Gasteiger charge is 2.42. The maximum absolute atomic E-state index is 12.2. The monoisotopic (exact) mass is 311 g/mol. The molecule has 1 unspecified atom stereocenters. The number of hydrogen-bond donors (Lipinski definition) is 1. The number of sulfone groups is 1. The van der Waals surface area contributed by atoms with E-state index in [0.717, 1.165) is 6.26 Å². The summed E-state index contributed by atoms with van der Waals surface area (Å²) in [6.45, 7) is 0. The van der Waals surface area contributed by atoms with Crippen molar-refractivity contribution >= 4 is 27.6 Å². The lowest BCUT2D eigenvalue weighted by atomic mass is 10.1. The summed E-state index contributed by atoms with van der Waals surface area (Å²) >= 11 is 0. The fourth-order valence-electron chi connectivity index (χ4n) is 2.18. The van der Waals surface area contributed by atoms with Crippen LogP contribution in [0, 0.1) is 0 Å². The fourth-order valence-corrected chi connectivity index (χ4v) is 2.83. The lowest BCUT2D eigenvalue weighted by Crippen LogP contribution is -2.45. The second-order valence-electron chi connectivity index (χ2n) is 4.80. The zero-order chi connectivity index (χ0) is 15.8. The van der Waals surface area contributed by atoms with Gasteiger partial charge in [-0.1, -0.05) is 12.1 Å². The molecule has 2 amide bonds. The summed E-state index contributed by atoms with van der Waals surface area (Å²) in [6, 6.07) is 4.52. The number of carbonyl (C=O) groups excluding carboxylic acids is 2. The molecule has 1 heterocycles. The van der Waals surface area contributed by atoms with Crippen LogP contribution in [0.5, 0.6) is 0 Å². The van der Waals surface area contributed by atoms with Gasteiger partial charge >= 0.3 is 5.97 Å². The predicted molar refractivity (Wildman–Crippen MR) is 72.7 cm³/mol. The average Bonchev–Trinajstić information content (AvgIpc) is 2.63. The summed E-state index contributed by atoms with van der Waals surface area (Å²) < 4.78 is 22.3. The van der Waals surface area contributed by atoms with Gasteiger partial charge < -0.3 is 5.11 Å². The topological polar surface area (TPSA) is 109 Å². The molecule has 0 saturated carbocycles. The lowest BCUT2D eigenvalue weighted by molar-refractivity contribution is -0.141. The molecule has 21 heavy (non-hydrogen) atoms. The highest BCUT2D eigenvalue weighted by molar-refractivity contribution is 7.90. The van der Waals surface area contributed by atoms with Gasteiger partial charge in [0.2, 0.25) is 0 Å². The van der Waals surface area contributed by atoms with Gasteiger partial charge in [-0.15, -0.1) is 0 Å². The molecule has 8 heteroatoms. The van der Waals surface area contributed by atoms with Crippen LogP contribution in [-0.2, 0) is 14.6 Å². The van der Waals surface area contributed by atoms with Crippen molar-refractivity contribution < 1.29 is 27.9 Å². The van der Waals surface area contributed by atoms with E-state index in [4.69, 9.17) is 0 Å². The molecule has 7 nitrogen and oxygen atoms in total. The molecule has 0 aromatic heterocycles. The first kappa shape index (κ1) is 15.2. The molecule has 1 aliphatic rings. The molecule has 1 atom stereocenters. The van der Waals surface area contributed by atoms with Crippen LogP contribution in [0.1, 0.15) is 27.1 Å². The summed E-state index contributed by atoms with van der Waals surface area (Å²) in [5.74, 6) is -3.25. The van der Waals surface area contributed by atoms with Gasteiger partial charge in [0, 0.05) is 6.26 Å². The van der Waals surface area contributed by atoms with Gasteiger partial charge in [0.1, 0.15) is 15.9 Å². The average molecular weight is 311 g/mol. The van der Waals surface area contributed by atoms with Crippen molar-refractivity contribution in [2.45, 2.75) is 12.5 Å². The van der Waals surface area contributed by atoms with Crippen LogP contribution in [0.4, 0.5) is 0 Å². The van der Waals surface area contributed by atoms with E-state index in [2.05, 4.69) is 0 Å². The third kappa shape index (κ3) is 2.94. The van der Waals surface area contributed by atoms with Gasteiger partial charge in [-0.05, 0) is 18.6 Å². The second kappa shape index (κ2) is 5.28. The molecule has 0 spiro atoms. The number of aliphatic carboxylic acids is 1. The Morgan fingerprint density at radius 1 is 1.19 bits per heavy atom. The van der Waals surface area contributed by atoms with Crippen molar-refractivity contribution in [3.8, 4) is 0 Å². The number of amides is 2. The van der Waals surface area contributed by atoms with E-state index >= 15 is 0 Å². The lowest BCUT2D eigenvalue weighted by Gasteiger charge is -2.22. The number of imide groups is 1. The van der Waals surface area contributed by atoms with Crippen LogP contribution in [-0.4, -0.2) is 54.3 Å². The SMILES string of the molecule is CS(=O)(=O)CCC(C(=O)O)N1C(=O)c2ccccc2C1=O. The Bertz CT molecular complexity index is 689. The zero-order valence-electron chi connectivity index (χ0n) is 11.1. The van der Waals surface area contributed by atoms with Crippen LogP contribution in [0.15, 0.2) is 24.3 Å². The molecule has 1 aromatic rings. The van der Waals surface area contributed by atoms with E-state index in [1.807, 2.05) is 0 Å². The summed E-state index contributed by atoms with van der Waals surface area (Å²) in [4.78, 5) is 36.3. The molecule has 0 bridgehead atoms. The molecular formula is C13H13NO6S. The van der Waals surface area contributed by atoms with E-state index in [9.17, 15) is 27.9 Å². The quantitative estimate of drug-likeness (QED) is 0.776. The Morgan fingerprint density at radius 2 is 1.67 bits per heavy atom. The third-order valence-corrected chi connectivity index (χ3v) is 4.16. The normalized spacial score (nSPS) is 16.0. The number of carboxylic acids is 1. The van der Waals surface area contributed by atoms with Crippen LogP contribution in [0.3, 0.4) is 0 Å².